The van der Waals surface area contributed by atoms with Crippen LogP contribution >= 0.6 is 0 Å². The lowest BCUT2D eigenvalue weighted by atomic mass is 10.1. The van der Waals surface area contributed by atoms with E-state index in [1.807, 2.05) is 13.8 Å². The average molecular weight is 341 g/mol. The van der Waals surface area contributed by atoms with E-state index in [0.717, 1.165) is 24.2 Å². The van der Waals surface area contributed by atoms with Crippen molar-refractivity contribution in [2.75, 3.05) is 18.4 Å². The second kappa shape index (κ2) is 7.48. The number of nitrogens with one attached hydrogen (secondary N) is 4. The Morgan fingerprint density at radius 1 is 1.24 bits per heavy atom. The third kappa shape index (κ3) is 3.88. The standard InChI is InChI=1S/C18H23N5O2/c1-11(2)9-20-17(24)12-5-3-4-6-14(12)21-18(25)16-13-10-19-8-7-15(13)22-23-16/h3-6,11,19H,7-10H2,1-2H3,(H,20,24)(H,21,25)(H,22,23). The summed E-state index contributed by atoms with van der Waals surface area (Å²) < 4.78 is 0. The lowest BCUT2D eigenvalue weighted by molar-refractivity contribution is 0.0950. The highest BCUT2D eigenvalue weighted by Gasteiger charge is 2.22. The van der Waals surface area contributed by atoms with Gasteiger partial charge in [0.05, 0.1) is 11.3 Å². The summed E-state index contributed by atoms with van der Waals surface area (Å²) in [6.45, 7) is 6.13. The molecule has 3 rings (SSSR count). The van der Waals surface area contributed by atoms with Gasteiger partial charge in [-0.15, -0.1) is 0 Å². The lowest BCUT2D eigenvalue weighted by Gasteiger charge is -2.14. The average Bonchev–Trinajstić information content (AvgIpc) is 3.04. The smallest absolute Gasteiger partial charge is 0.276 e. The van der Waals surface area contributed by atoms with Crippen molar-refractivity contribution in [1.82, 2.24) is 20.8 Å². The van der Waals surface area contributed by atoms with Crippen LogP contribution in [-0.2, 0) is 13.0 Å². The Morgan fingerprint density at radius 2 is 2.04 bits per heavy atom. The summed E-state index contributed by atoms with van der Waals surface area (Å²) in [7, 11) is 0. The summed E-state index contributed by atoms with van der Waals surface area (Å²) >= 11 is 0. The normalized spacial score (nSPS) is 13.4. The van der Waals surface area contributed by atoms with Crippen molar-refractivity contribution in [1.29, 1.82) is 0 Å². The van der Waals surface area contributed by atoms with Gasteiger partial charge in [-0.1, -0.05) is 26.0 Å². The first-order chi connectivity index (χ1) is 12.1. The van der Waals surface area contributed by atoms with Crippen LogP contribution in [0.3, 0.4) is 0 Å². The fourth-order valence-electron chi connectivity index (χ4n) is 2.78. The molecular formula is C18H23N5O2. The SMILES string of the molecule is CC(C)CNC(=O)c1ccccc1NC(=O)c1n[nH]c2c1CNCC2. The fourth-order valence-corrected chi connectivity index (χ4v) is 2.78. The topological polar surface area (TPSA) is 98.9 Å². The Labute approximate surface area is 146 Å². The van der Waals surface area contributed by atoms with E-state index >= 15 is 0 Å². The predicted octanol–water partition coefficient (Wildman–Crippen LogP) is 1.69. The molecule has 1 aromatic heterocycles. The van der Waals surface area contributed by atoms with Crippen molar-refractivity contribution in [2.45, 2.75) is 26.8 Å². The molecular weight excluding hydrogens is 318 g/mol. The van der Waals surface area contributed by atoms with Crippen molar-refractivity contribution < 1.29 is 9.59 Å². The van der Waals surface area contributed by atoms with E-state index in [1.165, 1.54) is 0 Å². The number of nitrogens with zero attached hydrogens (tertiary/aromatic N) is 1. The molecule has 4 N–H and O–H groups in total. The van der Waals surface area contributed by atoms with Gasteiger partial charge in [-0.25, -0.2) is 0 Å². The molecule has 0 saturated carbocycles. The summed E-state index contributed by atoms with van der Waals surface area (Å²) in [5.41, 5.74) is 3.19. The van der Waals surface area contributed by atoms with Crippen molar-refractivity contribution in [3.63, 3.8) is 0 Å². The first-order valence-corrected chi connectivity index (χ1v) is 8.51. The highest BCUT2D eigenvalue weighted by Crippen LogP contribution is 2.19. The van der Waals surface area contributed by atoms with Crippen LogP contribution in [0.4, 0.5) is 5.69 Å². The van der Waals surface area contributed by atoms with Gasteiger partial charge in [0.2, 0.25) is 0 Å². The summed E-state index contributed by atoms with van der Waals surface area (Å²) in [5.74, 6) is -0.158. The first-order valence-electron chi connectivity index (χ1n) is 8.51. The number of amides is 2. The third-order valence-electron chi connectivity index (χ3n) is 4.11. The number of carbonyl (C=O) groups is 2. The minimum absolute atomic E-state index is 0.199. The maximum Gasteiger partial charge on any atom is 0.276 e. The fraction of sp³-hybridized carbons (Fsp3) is 0.389. The van der Waals surface area contributed by atoms with E-state index in [9.17, 15) is 9.59 Å². The van der Waals surface area contributed by atoms with Crippen LogP contribution in [-0.4, -0.2) is 35.1 Å². The highest BCUT2D eigenvalue weighted by molar-refractivity contribution is 6.08. The molecule has 7 heteroatoms. The quantitative estimate of drug-likeness (QED) is 0.665. The van der Waals surface area contributed by atoms with Crippen molar-refractivity contribution in [3.8, 4) is 0 Å². The van der Waals surface area contributed by atoms with E-state index in [2.05, 4.69) is 26.1 Å². The molecule has 0 spiro atoms. The molecule has 25 heavy (non-hydrogen) atoms. The number of rotatable bonds is 5. The summed E-state index contributed by atoms with van der Waals surface area (Å²) in [6.07, 6.45) is 0.823. The molecule has 2 aromatic rings. The number of aromatic amines is 1. The number of H-pyrrole nitrogens is 1. The Hall–Kier alpha value is -2.67. The second-order valence-electron chi connectivity index (χ2n) is 6.56. The number of hydrogen-bond acceptors (Lipinski definition) is 4. The summed E-state index contributed by atoms with van der Waals surface area (Å²) in [5, 5.41) is 16.0. The van der Waals surface area contributed by atoms with E-state index in [0.29, 0.717) is 36.0 Å². The zero-order valence-electron chi connectivity index (χ0n) is 14.5. The Balaban J connectivity index is 1.78. The maximum absolute atomic E-state index is 12.6. The number of hydrogen-bond donors (Lipinski definition) is 4. The van der Waals surface area contributed by atoms with Gasteiger partial charge in [0.15, 0.2) is 5.69 Å². The Morgan fingerprint density at radius 3 is 2.84 bits per heavy atom. The molecule has 0 atom stereocenters. The number of aromatic nitrogens is 2. The monoisotopic (exact) mass is 341 g/mol. The van der Waals surface area contributed by atoms with Gasteiger partial charge in [-0.2, -0.15) is 5.10 Å². The van der Waals surface area contributed by atoms with Crippen molar-refractivity contribution in [3.05, 3.63) is 46.8 Å². The van der Waals surface area contributed by atoms with Crippen LogP contribution < -0.4 is 16.0 Å². The largest absolute Gasteiger partial charge is 0.352 e. The van der Waals surface area contributed by atoms with Crippen LogP contribution in [0.5, 0.6) is 0 Å². The Bertz CT molecular complexity index is 782. The molecule has 1 aromatic carbocycles. The molecule has 0 saturated heterocycles. The zero-order valence-corrected chi connectivity index (χ0v) is 14.5. The molecule has 1 aliphatic heterocycles. The van der Waals surface area contributed by atoms with E-state index in [1.54, 1.807) is 24.3 Å². The van der Waals surface area contributed by atoms with Gasteiger partial charge in [-0.05, 0) is 18.1 Å². The van der Waals surface area contributed by atoms with Crippen LogP contribution in [0.15, 0.2) is 24.3 Å². The van der Waals surface area contributed by atoms with Gasteiger partial charge in [-0.3, -0.25) is 14.7 Å². The number of fused-ring (bicyclic) bond motifs is 1. The molecule has 2 heterocycles. The van der Waals surface area contributed by atoms with Gasteiger partial charge in [0.1, 0.15) is 0 Å². The van der Waals surface area contributed by atoms with E-state index in [4.69, 9.17) is 0 Å². The Kier molecular flexibility index (Phi) is 5.14. The maximum atomic E-state index is 12.6. The summed E-state index contributed by atoms with van der Waals surface area (Å²) in [6, 6.07) is 6.99. The zero-order chi connectivity index (χ0) is 17.8. The van der Waals surface area contributed by atoms with Crippen molar-refractivity contribution in [2.24, 2.45) is 5.92 Å². The first kappa shape index (κ1) is 17.2. The molecule has 0 fully saturated rings. The summed E-state index contributed by atoms with van der Waals surface area (Å²) in [4.78, 5) is 25.0. The van der Waals surface area contributed by atoms with Crippen molar-refractivity contribution >= 4 is 17.5 Å². The van der Waals surface area contributed by atoms with Crippen LogP contribution in [0, 0.1) is 5.92 Å². The number of anilines is 1. The molecule has 0 aliphatic carbocycles. The van der Waals surface area contributed by atoms with Crippen LogP contribution in [0.1, 0.15) is 46.0 Å². The molecule has 1 aliphatic rings. The molecule has 0 bridgehead atoms. The third-order valence-corrected chi connectivity index (χ3v) is 4.11. The molecule has 2 amide bonds. The van der Waals surface area contributed by atoms with Gasteiger partial charge >= 0.3 is 0 Å². The van der Waals surface area contributed by atoms with E-state index in [-0.39, 0.29) is 11.8 Å². The minimum Gasteiger partial charge on any atom is -0.352 e. The number of carbonyl (C=O) groups excluding carboxylic acids is 2. The second-order valence-corrected chi connectivity index (χ2v) is 6.56. The number of benzene rings is 1. The molecule has 0 radical (unpaired) electrons. The molecule has 7 nitrogen and oxygen atoms in total. The van der Waals surface area contributed by atoms with Crippen LogP contribution in [0.2, 0.25) is 0 Å². The van der Waals surface area contributed by atoms with Gasteiger partial charge < -0.3 is 16.0 Å². The molecule has 132 valence electrons. The highest BCUT2D eigenvalue weighted by atomic mass is 16.2. The minimum atomic E-state index is -0.315. The molecule has 0 unspecified atom stereocenters. The van der Waals surface area contributed by atoms with Crippen LogP contribution in [0.25, 0.3) is 0 Å². The lowest BCUT2D eigenvalue weighted by Crippen LogP contribution is -2.29. The van der Waals surface area contributed by atoms with Gasteiger partial charge in [0.25, 0.3) is 11.8 Å². The predicted molar refractivity (Wildman–Crippen MR) is 95.6 cm³/mol. The number of para-hydroxylation sites is 1. The van der Waals surface area contributed by atoms with E-state index < -0.39 is 0 Å². The van der Waals surface area contributed by atoms with Gasteiger partial charge in [0, 0.05) is 37.3 Å².